The summed E-state index contributed by atoms with van der Waals surface area (Å²) < 4.78 is 15.3. The first-order valence-corrected chi connectivity index (χ1v) is 4.87. The monoisotopic (exact) mass is 238 g/mol. The van der Waals surface area contributed by atoms with Gasteiger partial charge in [-0.05, 0) is 19.1 Å². The van der Waals surface area contributed by atoms with Crippen LogP contribution in [0.4, 0.5) is 0 Å². The zero-order valence-corrected chi connectivity index (χ0v) is 8.99. The number of rotatable bonds is 5. The summed E-state index contributed by atoms with van der Waals surface area (Å²) >= 11 is 0. The minimum atomic E-state index is -1.05. The third-order valence-electron chi connectivity index (χ3n) is 2.00. The maximum absolute atomic E-state index is 10.5. The number of aromatic nitrogens is 2. The first-order chi connectivity index (χ1) is 8.16. The molecule has 0 amide bonds. The Morgan fingerprint density at radius 3 is 3.06 bits per heavy atom. The summed E-state index contributed by atoms with van der Waals surface area (Å²) in [5.74, 6) is -0.160. The lowest BCUT2D eigenvalue weighted by molar-refractivity contribution is -0.150. The van der Waals surface area contributed by atoms with Crippen molar-refractivity contribution in [1.82, 2.24) is 10.2 Å². The van der Waals surface area contributed by atoms with E-state index in [1.165, 1.54) is 13.2 Å². The molecule has 7 nitrogen and oxygen atoms in total. The number of carboxylic acids is 1. The Hall–Kier alpha value is -2.15. The van der Waals surface area contributed by atoms with Gasteiger partial charge in [0, 0.05) is 0 Å². The highest BCUT2D eigenvalue weighted by molar-refractivity contribution is 5.71. The molecule has 17 heavy (non-hydrogen) atoms. The Balaban J connectivity index is 1.97. The van der Waals surface area contributed by atoms with Crippen LogP contribution >= 0.6 is 0 Å². The predicted octanol–water partition coefficient (Wildman–Crippen LogP) is 1.32. The van der Waals surface area contributed by atoms with Gasteiger partial charge in [-0.2, -0.15) is 0 Å². The lowest BCUT2D eigenvalue weighted by Gasteiger charge is -2.04. The maximum atomic E-state index is 10.5. The van der Waals surface area contributed by atoms with Gasteiger partial charge in [0.1, 0.15) is 6.61 Å². The molecular weight excluding hydrogens is 228 g/mol. The number of furan rings is 1. The first-order valence-electron chi connectivity index (χ1n) is 4.87. The van der Waals surface area contributed by atoms with E-state index >= 15 is 0 Å². The average Bonchev–Trinajstić information content (AvgIpc) is 2.95. The summed E-state index contributed by atoms with van der Waals surface area (Å²) in [6.45, 7) is 1.37. The Bertz CT molecular complexity index is 491. The van der Waals surface area contributed by atoms with Crippen LogP contribution in [-0.2, 0) is 16.1 Å². The standard InChI is InChI=1S/C10H10N2O5/c1-6(10(13)14)16-5-8-11-12-9(17-8)7-3-2-4-15-7/h2-4,6H,5H2,1H3,(H,13,14)/t6-/m1/s1. The minimum absolute atomic E-state index is 0.0544. The summed E-state index contributed by atoms with van der Waals surface area (Å²) in [5.41, 5.74) is 0. The molecule has 0 aliphatic rings. The SMILES string of the molecule is C[C@@H](OCc1nnc(-c2ccco2)o1)C(=O)O. The molecule has 0 unspecified atom stereocenters. The number of ether oxygens (including phenoxy) is 1. The Kier molecular flexibility index (Phi) is 3.20. The molecule has 1 atom stereocenters. The second-order valence-electron chi connectivity index (χ2n) is 3.27. The molecule has 0 saturated carbocycles. The van der Waals surface area contributed by atoms with Gasteiger partial charge in [-0.1, -0.05) is 0 Å². The molecule has 2 rings (SSSR count). The van der Waals surface area contributed by atoms with Gasteiger partial charge < -0.3 is 18.7 Å². The molecule has 90 valence electrons. The van der Waals surface area contributed by atoms with E-state index in [1.54, 1.807) is 12.1 Å². The molecule has 0 saturated heterocycles. The van der Waals surface area contributed by atoms with E-state index in [9.17, 15) is 4.79 Å². The lowest BCUT2D eigenvalue weighted by Crippen LogP contribution is -2.19. The summed E-state index contributed by atoms with van der Waals surface area (Å²) in [6, 6.07) is 3.38. The third kappa shape index (κ3) is 2.70. The highest BCUT2D eigenvalue weighted by atomic mass is 16.5. The van der Waals surface area contributed by atoms with Crippen molar-refractivity contribution in [3.63, 3.8) is 0 Å². The molecule has 0 aliphatic carbocycles. The summed E-state index contributed by atoms with van der Waals surface area (Å²) in [6.07, 6.45) is 0.566. The van der Waals surface area contributed by atoms with Gasteiger partial charge in [0.2, 0.25) is 5.89 Å². The van der Waals surface area contributed by atoms with Crippen LogP contribution < -0.4 is 0 Å². The van der Waals surface area contributed by atoms with Crippen LogP contribution in [0.3, 0.4) is 0 Å². The number of hydrogen-bond donors (Lipinski definition) is 1. The zero-order chi connectivity index (χ0) is 12.3. The highest BCUT2D eigenvalue weighted by Crippen LogP contribution is 2.18. The van der Waals surface area contributed by atoms with E-state index in [4.69, 9.17) is 18.7 Å². The van der Waals surface area contributed by atoms with Crippen LogP contribution in [0.2, 0.25) is 0 Å². The molecule has 1 N–H and O–H groups in total. The first kappa shape index (κ1) is 11.3. The van der Waals surface area contributed by atoms with Gasteiger partial charge in [0.25, 0.3) is 5.89 Å². The molecule has 0 bridgehead atoms. The van der Waals surface area contributed by atoms with Gasteiger partial charge in [-0.3, -0.25) is 0 Å². The largest absolute Gasteiger partial charge is 0.479 e. The van der Waals surface area contributed by atoms with Crippen LogP contribution in [0.15, 0.2) is 27.2 Å². The van der Waals surface area contributed by atoms with Crippen molar-refractivity contribution in [3.8, 4) is 11.7 Å². The quantitative estimate of drug-likeness (QED) is 0.838. The molecular formula is C10H10N2O5. The molecule has 0 aromatic carbocycles. The van der Waals surface area contributed by atoms with Crippen molar-refractivity contribution < 1.29 is 23.5 Å². The van der Waals surface area contributed by atoms with Crippen LogP contribution in [0, 0.1) is 0 Å². The number of carboxylic acid groups (broad SMARTS) is 1. The fraction of sp³-hybridized carbons (Fsp3) is 0.300. The maximum Gasteiger partial charge on any atom is 0.332 e. The highest BCUT2D eigenvalue weighted by Gasteiger charge is 2.15. The minimum Gasteiger partial charge on any atom is -0.479 e. The molecule has 0 spiro atoms. The van der Waals surface area contributed by atoms with Crippen molar-refractivity contribution in [2.75, 3.05) is 0 Å². The fourth-order valence-electron chi connectivity index (χ4n) is 1.08. The summed E-state index contributed by atoms with van der Waals surface area (Å²) in [5, 5.41) is 16.1. The van der Waals surface area contributed by atoms with Crippen molar-refractivity contribution in [3.05, 3.63) is 24.3 Å². The van der Waals surface area contributed by atoms with Crippen molar-refractivity contribution in [2.45, 2.75) is 19.6 Å². The van der Waals surface area contributed by atoms with Crippen LogP contribution in [0.1, 0.15) is 12.8 Å². The number of aliphatic carboxylic acids is 1. The second-order valence-corrected chi connectivity index (χ2v) is 3.27. The summed E-state index contributed by atoms with van der Waals surface area (Å²) in [4.78, 5) is 10.5. The van der Waals surface area contributed by atoms with Gasteiger partial charge >= 0.3 is 5.97 Å². The normalized spacial score (nSPS) is 12.5. The number of hydrogen-bond acceptors (Lipinski definition) is 6. The predicted molar refractivity (Wildman–Crippen MR) is 53.9 cm³/mol. The van der Waals surface area contributed by atoms with Gasteiger partial charge in [-0.25, -0.2) is 4.79 Å². The van der Waals surface area contributed by atoms with E-state index in [0.29, 0.717) is 5.76 Å². The average molecular weight is 238 g/mol. The smallest absolute Gasteiger partial charge is 0.332 e. The zero-order valence-electron chi connectivity index (χ0n) is 8.99. The van der Waals surface area contributed by atoms with Crippen LogP contribution in [0.5, 0.6) is 0 Å². The van der Waals surface area contributed by atoms with Crippen molar-refractivity contribution >= 4 is 5.97 Å². The molecule has 2 heterocycles. The van der Waals surface area contributed by atoms with E-state index in [-0.39, 0.29) is 18.4 Å². The molecule has 7 heteroatoms. The Morgan fingerprint density at radius 1 is 1.59 bits per heavy atom. The number of carbonyl (C=O) groups is 1. The Morgan fingerprint density at radius 2 is 2.41 bits per heavy atom. The number of nitrogens with zero attached hydrogens (tertiary/aromatic N) is 2. The molecule has 0 radical (unpaired) electrons. The fourth-order valence-corrected chi connectivity index (χ4v) is 1.08. The molecule has 2 aromatic heterocycles. The van der Waals surface area contributed by atoms with E-state index < -0.39 is 12.1 Å². The summed E-state index contributed by atoms with van der Waals surface area (Å²) in [7, 11) is 0. The van der Waals surface area contributed by atoms with Crippen LogP contribution in [0.25, 0.3) is 11.7 Å². The molecule has 2 aromatic rings. The van der Waals surface area contributed by atoms with Crippen LogP contribution in [-0.4, -0.2) is 27.4 Å². The van der Waals surface area contributed by atoms with Crippen molar-refractivity contribution in [1.29, 1.82) is 0 Å². The molecule has 0 fully saturated rings. The topological polar surface area (TPSA) is 98.6 Å². The van der Waals surface area contributed by atoms with Gasteiger partial charge in [0.05, 0.1) is 6.26 Å². The van der Waals surface area contributed by atoms with Crippen molar-refractivity contribution in [2.24, 2.45) is 0 Å². The van der Waals surface area contributed by atoms with Gasteiger partial charge in [-0.15, -0.1) is 10.2 Å². The second kappa shape index (κ2) is 4.79. The Labute approximate surface area is 96.0 Å². The van der Waals surface area contributed by atoms with E-state index in [2.05, 4.69) is 10.2 Å². The van der Waals surface area contributed by atoms with E-state index in [0.717, 1.165) is 0 Å². The van der Waals surface area contributed by atoms with Gasteiger partial charge in [0.15, 0.2) is 11.9 Å². The third-order valence-corrected chi connectivity index (χ3v) is 2.00. The molecule has 0 aliphatic heterocycles. The lowest BCUT2D eigenvalue weighted by atomic mass is 10.4. The van der Waals surface area contributed by atoms with E-state index in [1.807, 2.05) is 0 Å².